The van der Waals surface area contributed by atoms with Gasteiger partial charge >= 0.3 is 5.97 Å². The molecule has 1 aliphatic carbocycles. The van der Waals surface area contributed by atoms with Gasteiger partial charge in [-0.25, -0.2) is 14.7 Å². The summed E-state index contributed by atoms with van der Waals surface area (Å²) in [6.07, 6.45) is 2.67. The van der Waals surface area contributed by atoms with Crippen molar-refractivity contribution in [1.29, 1.82) is 5.26 Å². The van der Waals surface area contributed by atoms with Crippen LogP contribution in [0.5, 0.6) is 0 Å². The molecule has 2 unspecified atom stereocenters. The molecule has 9 heteroatoms. The number of rotatable bonds is 7. The Morgan fingerprint density at radius 3 is 2.37 bits per heavy atom. The van der Waals surface area contributed by atoms with E-state index in [1.54, 1.807) is 12.1 Å². The van der Waals surface area contributed by atoms with E-state index in [-0.39, 0.29) is 29.1 Å². The predicted molar refractivity (Wildman–Crippen MR) is 163 cm³/mol. The lowest BCUT2D eigenvalue weighted by atomic mass is 9.71. The summed E-state index contributed by atoms with van der Waals surface area (Å²) in [6.45, 7) is 8.21. The van der Waals surface area contributed by atoms with Gasteiger partial charge in [-0.3, -0.25) is 14.4 Å². The number of pyridine rings is 1. The first-order valence-electron chi connectivity index (χ1n) is 14.3. The van der Waals surface area contributed by atoms with Gasteiger partial charge in [-0.2, -0.15) is 5.26 Å². The van der Waals surface area contributed by atoms with Crippen molar-refractivity contribution in [1.82, 2.24) is 4.98 Å². The first-order valence-corrected chi connectivity index (χ1v) is 15.2. The second-order valence-electron chi connectivity index (χ2n) is 12.2. The molecule has 8 nitrogen and oxygen atoms in total. The zero-order chi connectivity index (χ0) is 30.9. The second kappa shape index (κ2) is 12.1. The summed E-state index contributed by atoms with van der Waals surface area (Å²) in [6, 6.07) is 17.0. The number of fused-ring (bicyclic) bond motifs is 1. The molecule has 2 heterocycles. The van der Waals surface area contributed by atoms with E-state index in [9.17, 15) is 24.4 Å². The van der Waals surface area contributed by atoms with E-state index in [1.807, 2.05) is 25.1 Å². The average molecular weight is 596 g/mol. The molecule has 220 valence electrons. The van der Waals surface area contributed by atoms with Crippen molar-refractivity contribution in [3.63, 3.8) is 0 Å². The predicted octanol–water partition coefficient (Wildman–Crippen LogP) is 5.88. The highest BCUT2D eigenvalue weighted by atomic mass is 32.2. The van der Waals surface area contributed by atoms with Crippen LogP contribution in [0.4, 0.5) is 5.69 Å². The maximum Gasteiger partial charge on any atom is 0.338 e. The Hall–Kier alpha value is -4.29. The van der Waals surface area contributed by atoms with Crippen LogP contribution in [0, 0.1) is 29.6 Å². The molecule has 2 atom stereocenters. The number of ether oxygens (including phenoxy) is 1. The van der Waals surface area contributed by atoms with Crippen LogP contribution < -0.4 is 4.90 Å². The number of hydrogen-bond donors (Lipinski definition) is 0. The monoisotopic (exact) mass is 595 g/mol. The molecule has 2 aromatic carbocycles. The number of esters is 1. The fraction of sp³-hybridized carbons (Fsp3) is 0.353. The number of aryl methyl sites for hydroxylation is 2. The van der Waals surface area contributed by atoms with Crippen LogP contribution in [-0.2, 0) is 27.2 Å². The highest BCUT2D eigenvalue weighted by Crippen LogP contribution is 2.40. The van der Waals surface area contributed by atoms with Crippen LogP contribution >= 0.6 is 11.8 Å². The number of carbonyl (C=O) groups excluding carboxylic acids is 4. The SMILES string of the molecule is Cc1ccc(C(=O)COC(=O)c2ccc(N3C(=O)CC(Sc4nc5c(cc4C#N)CC(C(C)(C)C)CC5)C3=O)cc2)cc1. The molecule has 0 saturated carbocycles. The van der Waals surface area contributed by atoms with Gasteiger partial charge in [-0.15, -0.1) is 0 Å². The summed E-state index contributed by atoms with van der Waals surface area (Å²) < 4.78 is 5.18. The summed E-state index contributed by atoms with van der Waals surface area (Å²) >= 11 is 1.16. The average Bonchev–Trinajstić information content (AvgIpc) is 3.26. The van der Waals surface area contributed by atoms with Crippen molar-refractivity contribution < 1.29 is 23.9 Å². The molecular weight excluding hydrogens is 562 g/mol. The van der Waals surface area contributed by atoms with E-state index in [2.05, 4.69) is 26.8 Å². The summed E-state index contributed by atoms with van der Waals surface area (Å²) in [5, 5.41) is 9.61. The number of benzene rings is 2. The van der Waals surface area contributed by atoms with Crippen LogP contribution in [0.25, 0.3) is 0 Å². The fourth-order valence-corrected chi connectivity index (χ4v) is 6.54. The van der Waals surface area contributed by atoms with Crippen molar-refractivity contribution in [3.8, 4) is 6.07 Å². The number of thioether (sulfide) groups is 1. The molecule has 3 aromatic rings. The van der Waals surface area contributed by atoms with Gasteiger partial charge in [0.25, 0.3) is 0 Å². The van der Waals surface area contributed by atoms with E-state index in [1.165, 1.54) is 24.3 Å². The standard InChI is InChI=1S/C34H33N3O5S/c1-20-5-7-21(8-6-20)28(38)19-42-33(41)22-9-12-26(13-10-22)37-30(39)17-29(32(37)40)43-31-24(18-35)15-23-16-25(34(2,3)4)11-14-27(23)36-31/h5-10,12-13,15,25,29H,11,14,16-17,19H2,1-4H3. The smallest absolute Gasteiger partial charge is 0.338 e. The molecule has 5 rings (SSSR count). The normalized spacial score (nSPS) is 18.3. The van der Waals surface area contributed by atoms with Gasteiger partial charge in [0.1, 0.15) is 11.1 Å². The number of anilines is 1. The van der Waals surface area contributed by atoms with Crippen LogP contribution in [0.3, 0.4) is 0 Å². The maximum absolute atomic E-state index is 13.4. The Balaban J connectivity index is 1.24. The lowest BCUT2D eigenvalue weighted by Crippen LogP contribution is -2.31. The maximum atomic E-state index is 13.4. The van der Waals surface area contributed by atoms with E-state index in [0.717, 1.165) is 52.7 Å². The Morgan fingerprint density at radius 2 is 1.72 bits per heavy atom. The van der Waals surface area contributed by atoms with E-state index in [0.29, 0.717) is 27.8 Å². The topological polar surface area (TPSA) is 117 Å². The fourth-order valence-electron chi connectivity index (χ4n) is 5.44. The van der Waals surface area contributed by atoms with Crippen molar-refractivity contribution in [2.24, 2.45) is 11.3 Å². The van der Waals surface area contributed by atoms with Crippen LogP contribution in [0.2, 0.25) is 0 Å². The molecule has 43 heavy (non-hydrogen) atoms. The number of carbonyl (C=O) groups is 4. The van der Waals surface area contributed by atoms with Crippen molar-refractivity contribution in [2.75, 3.05) is 11.5 Å². The van der Waals surface area contributed by atoms with Crippen molar-refractivity contribution in [3.05, 3.63) is 88.1 Å². The van der Waals surface area contributed by atoms with E-state index >= 15 is 0 Å². The van der Waals surface area contributed by atoms with Gasteiger partial charge in [0.05, 0.1) is 22.1 Å². The van der Waals surface area contributed by atoms with Gasteiger partial charge in [0.2, 0.25) is 11.8 Å². The van der Waals surface area contributed by atoms with Gasteiger partial charge in [-0.05, 0) is 73.4 Å². The number of ketones is 1. The number of imide groups is 1. The quantitative estimate of drug-likeness (QED) is 0.189. The molecular formula is C34H33N3O5S. The Bertz CT molecular complexity index is 1630. The van der Waals surface area contributed by atoms with Gasteiger partial charge < -0.3 is 4.74 Å². The highest BCUT2D eigenvalue weighted by Gasteiger charge is 2.41. The zero-order valence-corrected chi connectivity index (χ0v) is 25.5. The highest BCUT2D eigenvalue weighted by molar-refractivity contribution is 8.00. The Labute approximate surface area is 255 Å². The Kier molecular flexibility index (Phi) is 8.52. The van der Waals surface area contributed by atoms with Crippen LogP contribution in [0.1, 0.15) is 76.7 Å². The number of nitrogens with zero attached hydrogens (tertiary/aromatic N) is 3. The second-order valence-corrected chi connectivity index (χ2v) is 13.3. The minimum Gasteiger partial charge on any atom is -0.454 e. The molecule has 0 bridgehead atoms. The van der Waals surface area contributed by atoms with Gasteiger partial charge in [0, 0.05) is 17.7 Å². The lowest BCUT2D eigenvalue weighted by Gasteiger charge is -2.34. The first-order chi connectivity index (χ1) is 20.4. The third kappa shape index (κ3) is 6.55. The largest absolute Gasteiger partial charge is 0.454 e. The molecule has 1 aliphatic heterocycles. The number of Topliss-reactive ketones (excluding diaryl/α,β-unsaturated/α-hetero) is 1. The minimum atomic E-state index is -0.714. The van der Waals surface area contributed by atoms with E-state index < -0.39 is 23.7 Å². The molecule has 1 aromatic heterocycles. The lowest BCUT2D eigenvalue weighted by molar-refractivity contribution is -0.121. The first kappa shape index (κ1) is 30.2. The summed E-state index contributed by atoms with van der Waals surface area (Å²) in [5.41, 5.74) is 4.62. The van der Waals surface area contributed by atoms with Crippen LogP contribution in [-0.4, -0.2) is 40.4 Å². The summed E-state index contributed by atoms with van der Waals surface area (Å²) in [7, 11) is 0. The third-order valence-corrected chi connectivity index (χ3v) is 9.31. The molecule has 0 spiro atoms. The number of amides is 2. The van der Waals surface area contributed by atoms with E-state index in [4.69, 9.17) is 9.72 Å². The Morgan fingerprint density at radius 1 is 1.05 bits per heavy atom. The van der Waals surface area contributed by atoms with Crippen LogP contribution in [0.15, 0.2) is 59.6 Å². The summed E-state index contributed by atoms with van der Waals surface area (Å²) in [5.74, 6) is -1.26. The molecule has 1 saturated heterocycles. The van der Waals surface area contributed by atoms with Gasteiger partial charge in [0.15, 0.2) is 12.4 Å². The molecule has 0 radical (unpaired) electrons. The summed E-state index contributed by atoms with van der Waals surface area (Å²) in [4.78, 5) is 57.0. The molecule has 1 fully saturated rings. The number of nitriles is 1. The third-order valence-electron chi connectivity index (χ3n) is 8.13. The van der Waals surface area contributed by atoms with Crippen molar-refractivity contribution >= 4 is 41.0 Å². The number of aromatic nitrogens is 1. The molecule has 2 amide bonds. The molecule has 2 aliphatic rings. The minimum absolute atomic E-state index is 0.0237. The number of hydrogen-bond acceptors (Lipinski definition) is 8. The van der Waals surface area contributed by atoms with Crippen molar-refractivity contribution in [2.45, 2.75) is 63.7 Å². The van der Waals surface area contributed by atoms with Gasteiger partial charge in [-0.1, -0.05) is 62.4 Å². The molecule has 0 N–H and O–H groups in total. The zero-order valence-electron chi connectivity index (χ0n) is 24.7.